The van der Waals surface area contributed by atoms with E-state index in [4.69, 9.17) is 15.3 Å². The number of aromatic hydroxyl groups is 3. The van der Waals surface area contributed by atoms with Crippen molar-refractivity contribution >= 4 is 79.4 Å². The average molecular weight is 669 g/mol. The maximum absolute atomic E-state index is 10.5. The Balaban J connectivity index is 0.000000429. The smallest absolute Gasteiger partial charge is 0.737 e. The Labute approximate surface area is 214 Å². The van der Waals surface area contributed by atoms with Crippen LogP contribution in [0.15, 0.2) is 72.8 Å². The molecule has 3 aromatic rings. The van der Waals surface area contributed by atoms with E-state index in [1.165, 1.54) is 36.4 Å². The van der Waals surface area contributed by atoms with Crippen LogP contribution >= 0.6 is 0 Å². The fourth-order valence-corrected chi connectivity index (χ4v) is 2.46. The zero-order valence-corrected chi connectivity index (χ0v) is 21.6. The van der Waals surface area contributed by atoms with Crippen molar-refractivity contribution in [2.75, 3.05) is 0 Å². The molecule has 0 heterocycles. The molecule has 31 heavy (non-hydrogen) atoms. The van der Waals surface area contributed by atoms with Crippen LogP contribution in [0.1, 0.15) is 31.1 Å². The average Bonchev–Trinajstić information content (AvgIpc) is 2.69. The number of para-hydroxylation sites is 3. The second-order valence-corrected chi connectivity index (χ2v) is 6.53. The number of hydrogen-bond acceptors (Lipinski definition) is 9. The summed E-state index contributed by atoms with van der Waals surface area (Å²) < 4.78 is 0. The summed E-state index contributed by atoms with van der Waals surface area (Å²) in [5.41, 5.74) is 0.576. The van der Waals surface area contributed by atoms with E-state index in [0.29, 0.717) is 0 Å². The van der Waals surface area contributed by atoms with E-state index in [9.17, 15) is 14.4 Å². The first-order chi connectivity index (χ1) is 14.1. The normalized spacial score (nSPS) is 8.90. The third-order valence-electron chi connectivity index (χ3n) is 3.37. The second kappa shape index (κ2) is 14.6. The largest absolute Gasteiger partial charge is 3.00 e. The summed E-state index contributed by atoms with van der Waals surface area (Å²) in [5.74, 6) is -0.160. The number of rotatable bonds is 3. The number of carbonyl (C=O) groups is 3. The van der Waals surface area contributed by atoms with E-state index in [0.717, 1.165) is 0 Å². The summed E-state index contributed by atoms with van der Waals surface area (Å²) in [5, 5.41) is 25.4. The van der Waals surface area contributed by atoms with Crippen LogP contribution in [0.25, 0.3) is 0 Å². The molecule has 6 nitrogen and oxygen atoms in total. The van der Waals surface area contributed by atoms with E-state index < -0.39 is 15.3 Å². The molecule has 0 aliphatic carbocycles. The SMILES string of the molecule is O=C([S-])c1ccccc1O.O=C([S-])c1ccccc1O.O=C([S-])c1ccccc1O.[Bi+3]. The fourth-order valence-electron chi connectivity index (χ4n) is 1.94. The van der Waals surface area contributed by atoms with Crippen molar-refractivity contribution in [3.05, 3.63) is 89.5 Å². The fraction of sp³-hybridized carbons (Fsp3) is 0. The molecule has 0 atom stereocenters. The van der Waals surface area contributed by atoms with Gasteiger partial charge in [0.15, 0.2) is 0 Å². The second-order valence-electron chi connectivity index (χ2n) is 5.41. The van der Waals surface area contributed by atoms with E-state index in [-0.39, 0.29) is 60.1 Å². The summed E-state index contributed by atoms with van der Waals surface area (Å²) >= 11 is 13.0. The molecule has 0 saturated heterocycles. The summed E-state index contributed by atoms with van der Waals surface area (Å²) in [6, 6.07) is 18.6. The molecule has 0 aromatic heterocycles. The molecule has 0 saturated carbocycles. The Hall–Kier alpha value is -2.39. The molecule has 0 aliphatic heterocycles. The first kappa shape index (κ1) is 28.6. The number of hydrogen-bond donors (Lipinski definition) is 3. The first-order valence-corrected chi connectivity index (χ1v) is 9.35. The molecule has 0 amide bonds. The summed E-state index contributed by atoms with van der Waals surface area (Å²) in [6.07, 6.45) is 0. The van der Waals surface area contributed by atoms with Crippen molar-refractivity contribution in [1.29, 1.82) is 0 Å². The van der Waals surface area contributed by atoms with Crippen molar-refractivity contribution in [3.63, 3.8) is 0 Å². The summed E-state index contributed by atoms with van der Waals surface area (Å²) in [6.45, 7) is 0. The zero-order valence-electron chi connectivity index (χ0n) is 15.7. The Morgan fingerprint density at radius 3 is 0.806 bits per heavy atom. The van der Waals surface area contributed by atoms with Gasteiger partial charge < -0.3 is 67.6 Å². The van der Waals surface area contributed by atoms with Crippen LogP contribution in [0.5, 0.6) is 17.2 Å². The van der Waals surface area contributed by atoms with E-state index in [2.05, 4.69) is 37.9 Å². The topological polar surface area (TPSA) is 112 Å². The minimum Gasteiger partial charge on any atom is -0.737 e. The van der Waals surface area contributed by atoms with Crippen LogP contribution in [0.2, 0.25) is 0 Å². The molecule has 0 bridgehead atoms. The van der Waals surface area contributed by atoms with Gasteiger partial charge in [-0.3, -0.25) is 0 Å². The molecule has 0 aliphatic rings. The van der Waals surface area contributed by atoms with Crippen LogP contribution in [0.3, 0.4) is 0 Å². The molecule has 10 heteroatoms. The number of phenolic OH excluding ortho intramolecular Hbond substituents is 3. The predicted octanol–water partition coefficient (Wildman–Crippen LogP) is 2.86. The third-order valence-corrected chi connectivity index (χ3v) is 4.03. The third kappa shape index (κ3) is 9.98. The van der Waals surface area contributed by atoms with Gasteiger partial charge >= 0.3 is 26.2 Å². The van der Waals surface area contributed by atoms with Crippen molar-refractivity contribution < 1.29 is 29.7 Å². The van der Waals surface area contributed by atoms with Gasteiger partial charge in [0.2, 0.25) is 0 Å². The summed E-state index contributed by atoms with van der Waals surface area (Å²) in [4.78, 5) is 31.6. The summed E-state index contributed by atoms with van der Waals surface area (Å²) in [7, 11) is 0. The van der Waals surface area contributed by atoms with Crippen LogP contribution in [0.4, 0.5) is 0 Å². The van der Waals surface area contributed by atoms with Crippen LogP contribution < -0.4 is 0 Å². The van der Waals surface area contributed by atoms with E-state index in [1.54, 1.807) is 36.4 Å². The van der Waals surface area contributed by atoms with Gasteiger partial charge in [0.1, 0.15) is 17.2 Å². The maximum Gasteiger partial charge on any atom is 3.00 e. The van der Waals surface area contributed by atoms with Crippen molar-refractivity contribution in [2.45, 2.75) is 0 Å². The number of phenols is 3. The van der Waals surface area contributed by atoms with Gasteiger partial charge in [0.05, 0.1) is 0 Å². The predicted molar refractivity (Wildman–Crippen MR) is 125 cm³/mol. The molecule has 3 N–H and O–H groups in total. The van der Waals surface area contributed by atoms with Crippen molar-refractivity contribution in [1.82, 2.24) is 0 Å². The van der Waals surface area contributed by atoms with Gasteiger partial charge in [-0.2, -0.15) is 0 Å². The zero-order chi connectivity index (χ0) is 22.7. The quantitative estimate of drug-likeness (QED) is 0.287. The van der Waals surface area contributed by atoms with Crippen LogP contribution in [-0.4, -0.2) is 56.9 Å². The molecule has 0 fully saturated rings. The molecule has 3 rings (SSSR count). The Morgan fingerprint density at radius 2 is 0.677 bits per heavy atom. The van der Waals surface area contributed by atoms with E-state index in [1.807, 2.05) is 0 Å². The standard InChI is InChI=1S/3C7H6O2S.Bi/c3*8-6-4-2-1-3-5(6)7(9)10;/h3*1-4,8H,(H,9,10);/q;;;+3/p-3. The van der Waals surface area contributed by atoms with Gasteiger partial charge in [-0.25, -0.2) is 0 Å². The number of benzene rings is 3. The number of carbonyl (C=O) groups excluding carboxylic acids is 3. The van der Waals surface area contributed by atoms with Gasteiger partial charge in [0, 0.05) is 32.0 Å². The molecule has 3 aromatic carbocycles. The van der Waals surface area contributed by atoms with Gasteiger partial charge in [-0.15, -0.1) is 0 Å². The Morgan fingerprint density at radius 1 is 0.484 bits per heavy atom. The molecule has 0 unspecified atom stereocenters. The Bertz CT molecular complexity index is 911. The molecular weight excluding hydrogens is 653 g/mol. The van der Waals surface area contributed by atoms with Gasteiger partial charge in [-0.05, 0) is 36.4 Å². The first-order valence-electron chi connectivity index (χ1n) is 8.13. The minimum absolute atomic E-state index is 0. The van der Waals surface area contributed by atoms with Crippen LogP contribution in [-0.2, 0) is 37.9 Å². The van der Waals surface area contributed by atoms with E-state index >= 15 is 0 Å². The van der Waals surface area contributed by atoms with Gasteiger partial charge in [0.25, 0.3) is 0 Å². The maximum atomic E-state index is 10.5. The van der Waals surface area contributed by atoms with Crippen LogP contribution in [0, 0.1) is 0 Å². The minimum atomic E-state index is -0.530. The van der Waals surface area contributed by atoms with Gasteiger partial charge in [-0.1, -0.05) is 36.4 Å². The van der Waals surface area contributed by atoms with Crippen molar-refractivity contribution in [2.24, 2.45) is 0 Å². The monoisotopic (exact) mass is 668 g/mol. The van der Waals surface area contributed by atoms with Crippen molar-refractivity contribution in [3.8, 4) is 17.2 Å². The molecule has 2 radical (unpaired) electrons. The Kier molecular flexibility index (Phi) is 13.5. The molecule has 158 valence electrons. The molecule has 0 spiro atoms. The molecular formula is C21H15BiO6S3.